The zero-order valence-electron chi connectivity index (χ0n) is 18.4. The SMILES string of the molecule is CC(C)(C)OC(=O)C[C@@H](CCCC1CCCCC1)c1nc(-c2ccc(N)nc2)no1. The van der Waals surface area contributed by atoms with E-state index in [-0.39, 0.29) is 18.3 Å². The molecular formula is C23H34N4O3. The normalized spacial score (nSPS) is 16.4. The molecule has 0 unspecified atom stereocenters. The molecule has 2 aromatic rings. The van der Waals surface area contributed by atoms with E-state index >= 15 is 0 Å². The first-order valence-corrected chi connectivity index (χ1v) is 11.1. The number of ether oxygens (including phenoxy) is 1. The Morgan fingerprint density at radius 3 is 2.70 bits per heavy atom. The molecule has 1 saturated carbocycles. The molecule has 30 heavy (non-hydrogen) atoms. The topological polar surface area (TPSA) is 104 Å². The number of hydrogen-bond acceptors (Lipinski definition) is 7. The minimum absolute atomic E-state index is 0.147. The number of hydrogen-bond donors (Lipinski definition) is 1. The van der Waals surface area contributed by atoms with E-state index < -0.39 is 5.60 Å². The molecule has 0 aliphatic heterocycles. The van der Waals surface area contributed by atoms with Crippen LogP contribution in [0.15, 0.2) is 22.9 Å². The van der Waals surface area contributed by atoms with Gasteiger partial charge in [0.05, 0.1) is 6.42 Å². The highest BCUT2D eigenvalue weighted by atomic mass is 16.6. The van der Waals surface area contributed by atoms with Gasteiger partial charge >= 0.3 is 5.97 Å². The quantitative estimate of drug-likeness (QED) is 0.586. The first-order valence-electron chi connectivity index (χ1n) is 11.1. The highest BCUT2D eigenvalue weighted by Gasteiger charge is 2.26. The molecule has 1 fully saturated rings. The van der Waals surface area contributed by atoms with E-state index in [4.69, 9.17) is 15.0 Å². The molecule has 3 rings (SSSR count). The third-order valence-corrected chi connectivity index (χ3v) is 5.56. The van der Waals surface area contributed by atoms with Crippen molar-refractivity contribution in [3.8, 4) is 11.4 Å². The van der Waals surface area contributed by atoms with E-state index in [9.17, 15) is 4.79 Å². The van der Waals surface area contributed by atoms with E-state index in [1.165, 1.54) is 38.5 Å². The average Bonchev–Trinajstić information content (AvgIpc) is 3.17. The number of carbonyl (C=O) groups excluding carboxylic acids is 1. The average molecular weight is 415 g/mol. The molecule has 0 radical (unpaired) electrons. The first-order chi connectivity index (χ1) is 14.3. The molecule has 2 heterocycles. The van der Waals surface area contributed by atoms with Crippen molar-refractivity contribution in [2.24, 2.45) is 5.92 Å². The minimum atomic E-state index is -0.515. The maximum atomic E-state index is 12.5. The Morgan fingerprint density at radius 2 is 2.03 bits per heavy atom. The third kappa shape index (κ3) is 6.82. The van der Waals surface area contributed by atoms with Gasteiger partial charge in [0.25, 0.3) is 0 Å². The predicted octanol–water partition coefficient (Wildman–Crippen LogP) is 5.28. The molecule has 7 heteroatoms. The Balaban J connectivity index is 1.67. The number of nitrogens with two attached hydrogens (primary N) is 1. The Kier molecular flexibility index (Phi) is 7.45. The van der Waals surface area contributed by atoms with Crippen LogP contribution in [0.25, 0.3) is 11.4 Å². The van der Waals surface area contributed by atoms with Gasteiger partial charge in [-0.1, -0.05) is 50.1 Å². The van der Waals surface area contributed by atoms with Crippen LogP contribution < -0.4 is 5.73 Å². The van der Waals surface area contributed by atoms with Crippen LogP contribution in [0.5, 0.6) is 0 Å². The highest BCUT2D eigenvalue weighted by molar-refractivity contribution is 5.70. The number of nitrogens with zero attached hydrogens (tertiary/aromatic N) is 3. The summed E-state index contributed by atoms with van der Waals surface area (Å²) in [6.45, 7) is 5.63. The Morgan fingerprint density at radius 1 is 1.27 bits per heavy atom. The fraction of sp³-hybridized carbons (Fsp3) is 0.652. The van der Waals surface area contributed by atoms with E-state index in [2.05, 4.69) is 15.1 Å². The zero-order valence-corrected chi connectivity index (χ0v) is 18.4. The summed E-state index contributed by atoms with van der Waals surface area (Å²) in [5, 5.41) is 4.10. The van der Waals surface area contributed by atoms with Crippen LogP contribution >= 0.6 is 0 Å². The van der Waals surface area contributed by atoms with Gasteiger partial charge in [-0.3, -0.25) is 4.79 Å². The van der Waals surface area contributed by atoms with E-state index in [0.29, 0.717) is 17.5 Å². The molecule has 1 atom stereocenters. The third-order valence-electron chi connectivity index (χ3n) is 5.56. The van der Waals surface area contributed by atoms with Crippen molar-refractivity contribution in [3.63, 3.8) is 0 Å². The Hall–Kier alpha value is -2.44. The van der Waals surface area contributed by atoms with Gasteiger partial charge in [0, 0.05) is 17.7 Å². The summed E-state index contributed by atoms with van der Waals surface area (Å²) >= 11 is 0. The summed E-state index contributed by atoms with van der Waals surface area (Å²) in [6.07, 6.45) is 11.6. The monoisotopic (exact) mass is 414 g/mol. The van der Waals surface area contributed by atoms with Gasteiger partial charge in [-0.05, 0) is 45.2 Å². The van der Waals surface area contributed by atoms with Crippen LogP contribution in [-0.2, 0) is 9.53 Å². The minimum Gasteiger partial charge on any atom is -0.460 e. The second-order valence-electron chi connectivity index (χ2n) is 9.35. The molecule has 0 saturated heterocycles. The zero-order chi connectivity index (χ0) is 21.6. The summed E-state index contributed by atoms with van der Waals surface area (Å²) in [5.41, 5.74) is 5.87. The number of anilines is 1. The molecule has 2 aromatic heterocycles. The maximum Gasteiger partial charge on any atom is 0.307 e. The summed E-state index contributed by atoms with van der Waals surface area (Å²) in [4.78, 5) is 21.1. The molecule has 1 aliphatic rings. The molecule has 2 N–H and O–H groups in total. The summed E-state index contributed by atoms with van der Waals surface area (Å²) < 4.78 is 11.1. The fourth-order valence-electron chi connectivity index (χ4n) is 4.08. The number of rotatable bonds is 8. The van der Waals surface area contributed by atoms with Crippen molar-refractivity contribution in [1.29, 1.82) is 0 Å². The second kappa shape index (κ2) is 10.0. The molecule has 7 nitrogen and oxygen atoms in total. The largest absolute Gasteiger partial charge is 0.460 e. The molecule has 0 amide bonds. The number of pyridine rings is 1. The van der Waals surface area contributed by atoms with Gasteiger partial charge < -0.3 is 15.0 Å². The van der Waals surface area contributed by atoms with Crippen molar-refractivity contribution in [2.45, 2.75) is 90.1 Å². The van der Waals surface area contributed by atoms with Crippen molar-refractivity contribution in [2.75, 3.05) is 5.73 Å². The predicted molar refractivity (Wildman–Crippen MR) is 116 cm³/mol. The van der Waals surface area contributed by atoms with Crippen LogP contribution in [0.3, 0.4) is 0 Å². The molecule has 0 aromatic carbocycles. The van der Waals surface area contributed by atoms with Gasteiger partial charge in [0.1, 0.15) is 11.4 Å². The van der Waals surface area contributed by atoms with E-state index in [1.807, 2.05) is 26.8 Å². The van der Waals surface area contributed by atoms with Gasteiger partial charge in [-0.2, -0.15) is 4.98 Å². The first kappa shape index (κ1) is 22.2. The summed E-state index contributed by atoms with van der Waals surface area (Å²) in [6, 6.07) is 3.51. The van der Waals surface area contributed by atoms with Crippen LogP contribution in [-0.4, -0.2) is 26.7 Å². The van der Waals surface area contributed by atoms with Crippen LogP contribution in [0, 0.1) is 5.92 Å². The molecular weight excluding hydrogens is 380 g/mol. The fourth-order valence-corrected chi connectivity index (χ4v) is 4.08. The summed E-state index contributed by atoms with van der Waals surface area (Å²) in [5.74, 6) is 1.80. The second-order valence-corrected chi connectivity index (χ2v) is 9.35. The van der Waals surface area contributed by atoms with Crippen molar-refractivity contribution < 1.29 is 14.1 Å². The Bertz CT molecular complexity index is 805. The lowest BCUT2D eigenvalue weighted by atomic mass is 9.84. The van der Waals surface area contributed by atoms with Crippen LogP contribution in [0.1, 0.15) is 90.4 Å². The van der Waals surface area contributed by atoms with E-state index in [1.54, 1.807) is 12.3 Å². The Labute approximate surface area is 178 Å². The van der Waals surface area contributed by atoms with Gasteiger partial charge in [0.2, 0.25) is 11.7 Å². The lowest BCUT2D eigenvalue weighted by Gasteiger charge is -2.23. The lowest BCUT2D eigenvalue weighted by Crippen LogP contribution is -2.25. The smallest absolute Gasteiger partial charge is 0.307 e. The molecule has 0 spiro atoms. The van der Waals surface area contributed by atoms with Gasteiger partial charge in [-0.25, -0.2) is 4.98 Å². The standard InChI is InChI=1S/C23H34N4O3/c1-23(2,3)29-20(28)14-17(11-7-10-16-8-5-4-6-9-16)22-26-21(27-30-22)18-12-13-19(24)25-15-18/h12-13,15-17H,4-11,14H2,1-3H3,(H2,24,25)/t17-/m1/s1. The van der Waals surface area contributed by atoms with Crippen LogP contribution in [0.2, 0.25) is 0 Å². The van der Waals surface area contributed by atoms with E-state index in [0.717, 1.165) is 24.3 Å². The molecule has 1 aliphatic carbocycles. The number of esters is 1. The number of carbonyl (C=O) groups is 1. The highest BCUT2D eigenvalue weighted by Crippen LogP contribution is 2.32. The number of nitrogen functional groups attached to an aromatic ring is 1. The molecule has 164 valence electrons. The number of aromatic nitrogens is 3. The maximum absolute atomic E-state index is 12.5. The summed E-state index contributed by atoms with van der Waals surface area (Å²) in [7, 11) is 0. The lowest BCUT2D eigenvalue weighted by molar-refractivity contribution is -0.155. The van der Waals surface area contributed by atoms with Crippen molar-refractivity contribution >= 4 is 11.8 Å². The van der Waals surface area contributed by atoms with Crippen LogP contribution in [0.4, 0.5) is 5.82 Å². The van der Waals surface area contributed by atoms with Crippen molar-refractivity contribution in [3.05, 3.63) is 24.2 Å². The molecule has 0 bridgehead atoms. The van der Waals surface area contributed by atoms with Crippen molar-refractivity contribution in [1.82, 2.24) is 15.1 Å². The van der Waals surface area contributed by atoms with Gasteiger partial charge in [0.15, 0.2) is 0 Å². The van der Waals surface area contributed by atoms with Gasteiger partial charge in [-0.15, -0.1) is 0 Å².